The second-order valence-corrected chi connectivity index (χ2v) is 7.65. The molecule has 8 heteroatoms. The lowest BCUT2D eigenvalue weighted by molar-refractivity contribution is 0.0401. The van der Waals surface area contributed by atoms with Crippen LogP contribution in [-0.2, 0) is 14.8 Å². The van der Waals surface area contributed by atoms with Crippen molar-refractivity contribution in [2.45, 2.75) is 29.9 Å². The quantitative estimate of drug-likeness (QED) is 0.840. The SMILES string of the molecule is COC1CCN(S(=O)(=O)c2ccc(Br)cc2)C(CN)C1.Cl. The van der Waals surface area contributed by atoms with Gasteiger partial charge in [0.15, 0.2) is 0 Å². The lowest BCUT2D eigenvalue weighted by atomic mass is 10.0. The monoisotopic (exact) mass is 398 g/mol. The van der Waals surface area contributed by atoms with Crippen LogP contribution in [0.1, 0.15) is 12.8 Å². The zero-order valence-electron chi connectivity index (χ0n) is 11.7. The van der Waals surface area contributed by atoms with E-state index in [1.165, 1.54) is 4.31 Å². The summed E-state index contributed by atoms with van der Waals surface area (Å²) in [5, 5.41) is 0. The minimum Gasteiger partial charge on any atom is -0.381 e. The first-order chi connectivity index (χ1) is 9.48. The molecule has 1 aliphatic heterocycles. The fourth-order valence-corrected chi connectivity index (χ4v) is 4.40. The Balaban J connectivity index is 0.00000220. The van der Waals surface area contributed by atoms with Crippen molar-refractivity contribution >= 4 is 38.4 Å². The maximum atomic E-state index is 12.7. The van der Waals surface area contributed by atoms with Gasteiger partial charge < -0.3 is 10.5 Å². The van der Waals surface area contributed by atoms with E-state index in [2.05, 4.69) is 15.9 Å². The fourth-order valence-electron chi connectivity index (χ4n) is 2.48. The van der Waals surface area contributed by atoms with Crippen LogP contribution in [0.25, 0.3) is 0 Å². The number of hydrogen-bond acceptors (Lipinski definition) is 4. The third-order valence-electron chi connectivity index (χ3n) is 3.64. The van der Waals surface area contributed by atoms with Crippen LogP contribution in [0.3, 0.4) is 0 Å². The molecule has 1 heterocycles. The average Bonchev–Trinajstić information content (AvgIpc) is 2.46. The van der Waals surface area contributed by atoms with Crippen LogP contribution in [0.15, 0.2) is 33.6 Å². The Morgan fingerprint density at radius 1 is 1.38 bits per heavy atom. The number of halogens is 2. The topological polar surface area (TPSA) is 72.6 Å². The lowest BCUT2D eigenvalue weighted by Crippen LogP contribution is -2.51. The maximum absolute atomic E-state index is 12.7. The van der Waals surface area contributed by atoms with Gasteiger partial charge in [0.2, 0.25) is 10.0 Å². The van der Waals surface area contributed by atoms with E-state index in [1.807, 2.05) is 0 Å². The van der Waals surface area contributed by atoms with Crippen LogP contribution in [0.5, 0.6) is 0 Å². The van der Waals surface area contributed by atoms with Crippen LogP contribution in [0, 0.1) is 0 Å². The summed E-state index contributed by atoms with van der Waals surface area (Å²) in [6.07, 6.45) is 1.42. The molecular weight excluding hydrogens is 380 g/mol. The van der Waals surface area contributed by atoms with Gasteiger partial charge in [-0.25, -0.2) is 8.42 Å². The predicted molar refractivity (Wildman–Crippen MR) is 88.2 cm³/mol. The molecule has 2 N–H and O–H groups in total. The molecule has 1 aromatic rings. The Hall–Kier alpha value is -0.180. The van der Waals surface area contributed by atoms with Gasteiger partial charge in [-0.3, -0.25) is 0 Å². The zero-order chi connectivity index (χ0) is 14.8. The molecule has 0 spiro atoms. The summed E-state index contributed by atoms with van der Waals surface area (Å²) in [5.74, 6) is 0. The highest BCUT2D eigenvalue weighted by Crippen LogP contribution is 2.27. The smallest absolute Gasteiger partial charge is 0.243 e. The fraction of sp³-hybridized carbons (Fsp3) is 0.538. The van der Waals surface area contributed by atoms with Gasteiger partial charge in [-0.2, -0.15) is 4.31 Å². The number of ether oxygens (including phenoxy) is 1. The van der Waals surface area contributed by atoms with E-state index in [0.29, 0.717) is 30.8 Å². The molecule has 0 aromatic heterocycles. The van der Waals surface area contributed by atoms with E-state index in [0.717, 1.165) is 4.47 Å². The molecule has 21 heavy (non-hydrogen) atoms. The zero-order valence-corrected chi connectivity index (χ0v) is 15.0. The molecular formula is C13H20BrClN2O3S. The summed E-state index contributed by atoms with van der Waals surface area (Å²) in [7, 11) is -1.84. The summed E-state index contributed by atoms with van der Waals surface area (Å²) in [6.45, 7) is 0.744. The molecule has 1 aliphatic rings. The average molecular weight is 400 g/mol. The first kappa shape index (κ1) is 18.9. The van der Waals surface area contributed by atoms with E-state index in [1.54, 1.807) is 31.4 Å². The number of sulfonamides is 1. The van der Waals surface area contributed by atoms with Gasteiger partial charge in [0.05, 0.1) is 11.0 Å². The van der Waals surface area contributed by atoms with Crippen LogP contribution >= 0.6 is 28.3 Å². The highest BCUT2D eigenvalue weighted by atomic mass is 79.9. The van der Waals surface area contributed by atoms with Crippen LogP contribution in [-0.4, -0.2) is 45.1 Å². The highest BCUT2D eigenvalue weighted by molar-refractivity contribution is 9.10. The van der Waals surface area contributed by atoms with Crippen molar-refractivity contribution in [1.82, 2.24) is 4.31 Å². The number of nitrogens with two attached hydrogens (primary N) is 1. The first-order valence-corrected chi connectivity index (χ1v) is 8.72. The van der Waals surface area contributed by atoms with Gasteiger partial charge >= 0.3 is 0 Å². The highest BCUT2D eigenvalue weighted by Gasteiger charge is 2.36. The van der Waals surface area contributed by atoms with Crippen molar-refractivity contribution < 1.29 is 13.2 Å². The molecule has 2 rings (SSSR count). The van der Waals surface area contributed by atoms with Gasteiger partial charge in [-0.15, -0.1) is 12.4 Å². The standard InChI is InChI=1S/C13H19BrN2O3S.ClH/c1-19-12-6-7-16(11(8-12)9-15)20(17,18)13-4-2-10(14)3-5-13;/h2-5,11-12H,6-9,15H2,1H3;1H. The third kappa shape index (κ3) is 4.18. The van der Waals surface area contributed by atoms with Crippen molar-refractivity contribution in [2.24, 2.45) is 5.73 Å². The molecule has 0 radical (unpaired) electrons. The molecule has 0 aliphatic carbocycles. The molecule has 5 nitrogen and oxygen atoms in total. The minimum atomic E-state index is -3.49. The Labute approximate surface area is 140 Å². The van der Waals surface area contributed by atoms with Crippen molar-refractivity contribution in [1.29, 1.82) is 0 Å². The molecule has 2 unspecified atom stereocenters. The van der Waals surface area contributed by atoms with E-state index in [4.69, 9.17) is 10.5 Å². The number of hydrogen-bond donors (Lipinski definition) is 1. The normalized spacial score (nSPS) is 23.6. The van der Waals surface area contributed by atoms with Gasteiger partial charge in [0.25, 0.3) is 0 Å². The van der Waals surface area contributed by atoms with E-state index >= 15 is 0 Å². The summed E-state index contributed by atoms with van der Waals surface area (Å²) in [6, 6.07) is 6.46. The molecule has 0 bridgehead atoms. The lowest BCUT2D eigenvalue weighted by Gasteiger charge is -2.37. The number of piperidine rings is 1. The number of nitrogens with zero attached hydrogens (tertiary/aromatic N) is 1. The van der Waals surface area contributed by atoms with Gasteiger partial charge in [0, 0.05) is 30.7 Å². The Bertz CT molecular complexity index is 553. The van der Waals surface area contributed by atoms with Crippen LogP contribution in [0.2, 0.25) is 0 Å². The number of methoxy groups -OCH3 is 1. The largest absolute Gasteiger partial charge is 0.381 e. The first-order valence-electron chi connectivity index (χ1n) is 6.49. The summed E-state index contributed by atoms with van der Waals surface area (Å²) in [5.41, 5.74) is 5.74. The van der Waals surface area contributed by atoms with Crippen molar-refractivity contribution in [2.75, 3.05) is 20.2 Å². The Kier molecular flexibility index (Phi) is 7.09. The van der Waals surface area contributed by atoms with Crippen molar-refractivity contribution in [3.8, 4) is 0 Å². The molecule has 1 fully saturated rings. The Morgan fingerprint density at radius 2 is 2.00 bits per heavy atom. The van der Waals surface area contributed by atoms with E-state index < -0.39 is 10.0 Å². The maximum Gasteiger partial charge on any atom is 0.243 e. The minimum absolute atomic E-state index is 0. The van der Waals surface area contributed by atoms with Crippen LogP contribution in [0.4, 0.5) is 0 Å². The Morgan fingerprint density at radius 3 is 2.52 bits per heavy atom. The van der Waals surface area contributed by atoms with Crippen molar-refractivity contribution in [3.05, 3.63) is 28.7 Å². The summed E-state index contributed by atoms with van der Waals surface area (Å²) >= 11 is 3.31. The van der Waals surface area contributed by atoms with E-state index in [9.17, 15) is 8.42 Å². The molecule has 1 saturated heterocycles. The number of benzene rings is 1. The third-order valence-corrected chi connectivity index (χ3v) is 6.13. The van der Waals surface area contributed by atoms with Gasteiger partial charge in [0.1, 0.15) is 0 Å². The molecule has 0 saturated carbocycles. The van der Waals surface area contributed by atoms with Crippen LogP contribution < -0.4 is 5.73 Å². The molecule has 120 valence electrons. The predicted octanol–water partition coefficient (Wildman–Crippen LogP) is 2.00. The summed E-state index contributed by atoms with van der Waals surface area (Å²) < 4.78 is 33.0. The number of rotatable bonds is 4. The van der Waals surface area contributed by atoms with E-state index in [-0.39, 0.29) is 24.6 Å². The van der Waals surface area contributed by atoms with Crippen molar-refractivity contribution in [3.63, 3.8) is 0 Å². The molecule has 2 atom stereocenters. The summed E-state index contributed by atoms with van der Waals surface area (Å²) in [4.78, 5) is 0.301. The molecule has 0 amide bonds. The van der Waals surface area contributed by atoms with Gasteiger partial charge in [-0.1, -0.05) is 15.9 Å². The molecule has 1 aromatic carbocycles. The second kappa shape index (κ2) is 7.89. The second-order valence-electron chi connectivity index (χ2n) is 4.84. The van der Waals surface area contributed by atoms with Gasteiger partial charge in [-0.05, 0) is 37.1 Å².